The minimum atomic E-state index is -0.0744. The van der Waals surface area contributed by atoms with Gasteiger partial charge in [-0.3, -0.25) is 4.79 Å². The molecule has 2 rings (SSSR count). The highest BCUT2D eigenvalue weighted by atomic mass is 32.2. The van der Waals surface area contributed by atoms with E-state index in [9.17, 15) is 4.79 Å². The summed E-state index contributed by atoms with van der Waals surface area (Å²) >= 11 is 1.31. The molecule has 1 heterocycles. The Balaban J connectivity index is 2.07. The molecule has 1 aliphatic rings. The van der Waals surface area contributed by atoms with Crippen molar-refractivity contribution in [1.29, 1.82) is 5.26 Å². The standard InChI is InChI=1S/C13H12N4O3S/c1-19-11-6-9(2-3-10(11)20-5-4-14)7-15-17-13-16-12(18)8-21-13/h2-3,6-7H,5,8H2,1H3,(H,16,17,18)/b15-7-. The summed E-state index contributed by atoms with van der Waals surface area (Å²) < 4.78 is 10.4. The lowest BCUT2D eigenvalue weighted by Gasteiger charge is -2.08. The molecule has 0 aromatic heterocycles. The number of hydrogen-bond donors (Lipinski definition) is 1. The van der Waals surface area contributed by atoms with Crippen LogP contribution in [0.1, 0.15) is 5.56 Å². The molecule has 0 aliphatic carbocycles. The fraction of sp³-hybridized carbons (Fsp3) is 0.231. The lowest BCUT2D eigenvalue weighted by Crippen LogP contribution is -2.19. The lowest BCUT2D eigenvalue weighted by molar-refractivity contribution is -0.116. The van der Waals surface area contributed by atoms with Crippen molar-refractivity contribution in [1.82, 2.24) is 5.32 Å². The van der Waals surface area contributed by atoms with E-state index in [2.05, 4.69) is 15.5 Å². The number of nitrogens with one attached hydrogen (secondary N) is 1. The Bertz CT molecular complexity index is 637. The normalized spacial score (nSPS) is 16.0. The third kappa shape index (κ3) is 4.22. The number of carbonyl (C=O) groups excluding carboxylic acids is 1. The molecule has 0 bridgehead atoms. The number of nitriles is 1. The Kier molecular flexibility index (Phi) is 5.17. The molecule has 0 spiro atoms. The van der Waals surface area contributed by atoms with Crippen LogP contribution in [-0.4, -0.2) is 36.8 Å². The molecule has 0 saturated carbocycles. The Morgan fingerprint density at radius 2 is 2.38 bits per heavy atom. The van der Waals surface area contributed by atoms with Gasteiger partial charge in [-0.15, -0.1) is 5.10 Å². The van der Waals surface area contributed by atoms with Crippen LogP contribution in [0, 0.1) is 11.3 Å². The van der Waals surface area contributed by atoms with Crippen LogP contribution < -0.4 is 14.8 Å². The van der Waals surface area contributed by atoms with Gasteiger partial charge in [-0.2, -0.15) is 10.4 Å². The Morgan fingerprint density at radius 3 is 3.05 bits per heavy atom. The molecule has 1 saturated heterocycles. The van der Waals surface area contributed by atoms with E-state index in [1.807, 2.05) is 6.07 Å². The first-order valence-corrected chi connectivity index (χ1v) is 6.93. The van der Waals surface area contributed by atoms with Gasteiger partial charge < -0.3 is 14.8 Å². The maximum Gasteiger partial charge on any atom is 0.236 e. The first-order valence-electron chi connectivity index (χ1n) is 5.94. The lowest BCUT2D eigenvalue weighted by atomic mass is 10.2. The molecule has 1 aliphatic heterocycles. The zero-order valence-electron chi connectivity index (χ0n) is 11.2. The van der Waals surface area contributed by atoms with Gasteiger partial charge in [-0.05, 0) is 23.8 Å². The van der Waals surface area contributed by atoms with Gasteiger partial charge in [0.2, 0.25) is 5.91 Å². The van der Waals surface area contributed by atoms with Gasteiger partial charge in [0.05, 0.1) is 19.1 Å². The van der Waals surface area contributed by atoms with Crippen molar-refractivity contribution in [2.24, 2.45) is 10.2 Å². The fourth-order valence-electron chi connectivity index (χ4n) is 1.52. The molecule has 108 valence electrons. The Hall–Kier alpha value is -2.53. The van der Waals surface area contributed by atoms with E-state index in [1.165, 1.54) is 25.1 Å². The molecule has 1 fully saturated rings. The summed E-state index contributed by atoms with van der Waals surface area (Å²) in [7, 11) is 1.51. The number of nitrogens with zero attached hydrogens (tertiary/aromatic N) is 3. The average molecular weight is 304 g/mol. The first kappa shape index (κ1) is 14.9. The van der Waals surface area contributed by atoms with Crippen LogP contribution in [0.2, 0.25) is 0 Å². The van der Waals surface area contributed by atoms with Gasteiger partial charge in [0.25, 0.3) is 0 Å². The predicted octanol–water partition coefficient (Wildman–Crippen LogP) is 1.15. The quantitative estimate of drug-likeness (QED) is 0.650. The minimum Gasteiger partial charge on any atom is -0.493 e. The molecule has 1 aromatic carbocycles. The molecule has 0 unspecified atom stereocenters. The summed E-state index contributed by atoms with van der Waals surface area (Å²) in [4.78, 5) is 11.0. The van der Waals surface area contributed by atoms with E-state index in [4.69, 9.17) is 14.7 Å². The van der Waals surface area contributed by atoms with E-state index in [0.29, 0.717) is 22.4 Å². The molecule has 0 atom stereocenters. The largest absolute Gasteiger partial charge is 0.493 e. The van der Waals surface area contributed by atoms with E-state index in [0.717, 1.165) is 5.56 Å². The molecule has 8 heteroatoms. The van der Waals surface area contributed by atoms with Crippen molar-refractivity contribution in [3.8, 4) is 17.6 Å². The highest BCUT2D eigenvalue weighted by Gasteiger charge is 2.15. The fourth-order valence-corrected chi connectivity index (χ4v) is 2.15. The van der Waals surface area contributed by atoms with E-state index < -0.39 is 0 Å². The number of amides is 1. The number of amidine groups is 1. The van der Waals surface area contributed by atoms with Gasteiger partial charge in [0, 0.05) is 0 Å². The topological polar surface area (TPSA) is 96.1 Å². The van der Waals surface area contributed by atoms with Crippen LogP contribution in [0.5, 0.6) is 11.5 Å². The number of rotatable bonds is 5. The molecular weight excluding hydrogens is 292 g/mol. The summed E-state index contributed by atoms with van der Waals surface area (Å²) in [6, 6.07) is 7.07. The highest BCUT2D eigenvalue weighted by Crippen LogP contribution is 2.27. The smallest absolute Gasteiger partial charge is 0.236 e. The van der Waals surface area contributed by atoms with Crippen LogP contribution in [0.4, 0.5) is 0 Å². The minimum absolute atomic E-state index is 0.0473. The third-order valence-corrected chi connectivity index (χ3v) is 3.29. The highest BCUT2D eigenvalue weighted by molar-refractivity contribution is 8.15. The van der Waals surface area contributed by atoms with Gasteiger partial charge in [0.1, 0.15) is 6.07 Å². The van der Waals surface area contributed by atoms with Gasteiger partial charge in [0.15, 0.2) is 23.3 Å². The summed E-state index contributed by atoms with van der Waals surface area (Å²) in [5.74, 6) is 1.29. The van der Waals surface area contributed by atoms with Crippen molar-refractivity contribution in [2.75, 3.05) is 19.5 Å². The molecule has 1 amide bonds. The van der Waals surface area contributed by atoms with Gasteiger partial charge in [-0.25, -0.2) is 0 Å². The number of carbonyl (C=O) groups is 1. The summed E-state index contributed by atoms with van der Waals surface area (Å²) in [6.07, 6.45) is 1.54. The van der Waals surface area contributed by atoms with Crippen molar-refractivity contribution in [3.63, 3.8) is 0 Å². The number of thioether (sulfide) groups is 1. The zero-order valence-corrected chi connectivity index (χ0v) is 12.0. The first-order chi connectivity index (χ1) is 10.2. The van der Waals surface area contributed by atoms with E-state index >= 15 is 0 Å². The second-order valence-corrected chi connectivity index (χ2v) is 4.81. The third-order valence-electron chi connectivity index (χ3n) is 2.42. The van der Waals surface area contributed by atoms with Crippen molar-refractivity contribution >= 4 is 29.1 Å². The number of hydrogen-bond acceptors (Lipinski definition) is 7. The molecule has 21 heavy (non-hydrogen) atoms. The number of methoxy groups -OCH3 is 1. The Labute approximate surface area is 125 Å². The van der Waals surface area contributed by atoms with Gasteiger partial charge in [-0.1, -0.05) is 11.8 Å². The van der Waals surface area contributed by atoms with Gasteiger partial charge >= 0.3 is 0 Å². The SMILES string of the molecule is COc1cc(/C=N\N=C2NC(=O)CS2)ccc1OCC#N. The number of benzene rings is 1. The predicted molar refractivity (Wildman–Crippen MR) is 79.7 cm³/mol. The average Bonchev–Trinajstić information content (AvgIpc) is 2.91. The second-order valence-electron chi connectivity index (χ2n) is 3.84. The zero-order chi connectivity index (χ0) is 15.1. The van der Waals surface area contributed by atoms with Crippen molar-refractivity contribution in [2.45, 2.75) is 0 Å². The van der Waals surface area contributed by atoms with Crippen LogP contribution in [-0.2, 0) is 4.79 Å². The molecule has 1 aromatic rings. The van der Waals surface area contributed by atoms with E-state index in [-0.39, 0.29) is 12.5 Å². The summed E-state index contributed by atoms with van der Waals surface area (Å²) in [5, 5.41) is 19.4. The van der Waals surface area contributed by atoms with Crippen LogP contribution in [0.3, 0.4) is 0 Å². The molecule has 7 nitrogen and oxygen atoms in total. The van der Waals surface area contributed by atoms with Crippen molar-refractivity contribution < 1.29 is 14.3 Å². The maximum atomic E-state index is 11.0. The maximum absolute atomic E-state index is 11.0. The monoisotopic (exact) mass is 304 g/mol. The summed E-state index contributed by atoms with van der Waals surface area (Å²) in [6.45, 7) is -0.0473. The number of ether oxygens (including phenoxy) is 2. The van der Waals surface area contributed by atoms with Crippen molar-refractivity contribution in [3.05, 3.63) is 23.8 Å². The molecule has 1 N–H and O–H groups in total. The summed E-state index contributed by atoms with van der Waals surface area (Å²) in [5.41, 5.74) is 0.759. The molecular formula is C13H12N4O3S. The Morgan fingerprint density at radius 1 is 1.52 bits per heavy atom. The second kappa shape index (κ2) is 7.31. The molecule has 0 radical (unpaired) electrons. The van der Waals surface area contributed by atoms with Crippen LogP contribution in [0.15, 0.2) is 28.4 Å². The van der Waals surface area contributed by atoms with Crippen LogP contribution in [0.25, 0.3) is 0 Å². The van der Waals surface area contributed by atoms with Crippen LogP contribution >= 0.6 is 11.8 Å². The van der Waals surface area contributed by atoms with E-state index in [1.54, 1.807) is 18.2 Å².